The standard InChI is InChI=1S/C55H71ClN10O13S/c1-37(2)80(72,73)47-10-5-4-8-43(47)59-51-41(56)36-58-55(62-51)60-42-12-11-39(35-46(42)74-3)63-19-15-38(16-20-63)64-21-23-65(24-22-64)49(68)17-25-75-27-29-77-31-33-79-34-32-78-30-28-76-26-18-57-44-9-6-7-40-50(44)54(71)66(53(40)70)45-13-14-48(67)61-52(45)69/h4-12,35-38,45,57H,13-34H2,1-3H3,(H,61,67,69)(H2,58,59,60,62). The summed E-state index contributed by atoms with van der Waals surface area (Å²) in [5.74, 6) is -1.00. The molecule has 1 atom stereocenters. The van der Waals surface area contributed by atoms with Crippen LogP contribution in [0.5, 0.6) is 5.75 Å². The third-order valence-electron chi connectivity index (χ3n) is 14.2. The molecule has 23 nitrogen and oxygen atoms in total. The molecule has 1 unspecified atom stereocenters. The molecule has 4 aromatic rings. The number of carbonyl (C=O) groups is 5. The highest BCUT2D eigenvalue weighted by molar-refractivity contribution is 7.92. The molecule has 0 radical (unpaired) electrons. The first-order valence-corrected chi connectivity index (χ1v) is 29.0. The van der Waals surface area contributed by atoms with Gasteiger partial charge < -0.3 is 54.2 Å². The molecule has 4 aliphatic heterocycles. The Morgan fingerprint density at radius 2 is 1.40 bits per heavy atom. The largest absolute Gasteiger partial charge is 0.494 e. The Labute approximate surface area is 471 Å². The van der Waals surface area contributed by atoms with Gasteiger partial charge in [0.1, 0.15) is 16.8 Å². The van der Waals surface area contributed by atoms with E-state index in [0.717, 1.165) is 49.6 Å². The fraction of sp³-hybridized carbons (Fsp3) is 0.509. The second kappa shape index (κ2) is 28.8. The number of benzene rings is 3. The van der Waals surface area contributed by atoms with Crippen LogP contribution in [0.4, 0.5) is 34.5 Å². The minimum atomic E-state index is -3.58. The molecule has 3 saturated heterocycles. The molecule has 25 heteroatoms. The van der Waals surface area contributed by atoms with Gasteiger partial charge in [-0.1, -0.05) is 29.8 Å². The maximum Gasteiger partial charge on any atom is 0.264 e. The summed E-state index contributed by atoms with van der Waals surface area (Å²) in [7, 11) is -1.97. The number of hydrogen-bond acceptors (Lipinski definition) is 20. The van der Waals surface area contributed by atoms with Crippen molar-refractivity contribution < 1.29 is 60.8 Å². The Morgan fingerprint density at radius 1 is 0.750 bits per heavy atom. The zero-order valence-corrected chi connectivity index (χ0v) is 47.0. The van der Waals surface area contributed by atoms with Crippen molar-refractivity contribution in [2.45, 2.75) is 68.2 Å². The number of rotatable bonds is 29. The molecule has 4 aliphatic rings. The van der Waals surface area contributed by atoms with Crippen LogP contribution in [-0.4, -0.2) is 199 Å². The van der Waals surface area contributed by atoms with Crippen molar-refractivity contribution in [2.75, 3.05) is 140 Å². The lowest BCUT2D eigenvalue weighted by Gasteiger charge is -2.43. The normalized spacial score (nSPS) is 17.3. The van der Waals surface area contributed by atoms with Gasteiger partial charge in [0.05, 0.1) is 118 Å². The minimum absolute atomic E-state index is 0.0539. The lowest BCUT2D eigenvalue weighted by atomic mass is 10.0. The molecule has 80 heavy (non-hydrogen) atoms. The maximum atomic E-state index is 13.2. The van der Waals surface area contributed by atoms with Gasteiger partial charge in [0.15, 0.2) is 15.7 Å². The number of hydrogen-bond donors (Lipinski definition) is 4. The number of piperidine rings is 2. The van der Waals surface area contributed by atoms with E-state index in [1.165, 1.54) is 6.20 Å². The second-order valence-corrected chi connectivity index (χ2v) is 22.5. The molecule has 3 fully saturated rings. The quantitative estimate of drug-likeness (QED) is 0.0416. The summed E-state index contributed by atoms with van der Waals surface area (Å²) < 4.78 is 60.0. The Morgan fingerprint density at radius 3 is 2.06 bits per heavy atom. The third-order valence-corrected chi connectivity index (χ3v) is 16.7. The molecule has 4 N–H and O–H groups in total. The Kier molecular flexibility index (Phi) is 21.4. The number of aromatic nitrogens is 2. The SMILES string of the molecule is COc1cc(N2CCC(N3CCN(C(=O)CCOCCOCCOCCOCCOCCNc4cccc5c4C(=O)N(C4CCC(=O)NC4=O)C5=O)CC3)CC2)ccc1Nc1ncc(Cl)c(Nc2ccccc2S(=O)(=O)C(C)C)n1. The number of amides is 5. The van der Waals surface area contributed by atoms with E-state index in [9.17, 15) is 32.4 Å². The van der Waals surface area contributed by atoms with Crippen LogP contribution in [0, 0.1) is 0 Å². The van der Waals surface area contributed by atoms with Crippen molar-refractivity contribution >= 4 is 85.5 Å². The average molecular weight is 1150 g/mol. The van der Waals surface area contributed by atoms with Crippen LogP contribution in [-0.2, 0) is 47.9 Å². The van der Waals surface area contributed by atoms with E-state index in [4.69, 9.17) is 40.0 Å². The smallest absolute Gasteiger partial charge is 0.264 e. The third kappa shape index (κ3) is 15.3. The van der Waals surface area contributed by atoms with Gasteiger partial charge in [0.2, 0.25) is 23.7 Å². The number of sulfone groups is 1. The van der Waals surface area contributed by atoms with Crippen LogP contribution in [0.1, 0.15) is 66.7 Å². The predicted molar refractivity (Wildman–Crippen MR) is 299 cm³/mol. The average Bonchev–Trinajstić information content (AvgIpc) is 3.91. The number of piperazine rings is 1. The second-order valence-electron chi connectivity index (χ2n) is 19.7. The highest BCUT2D eigenvalue weighted by Gasteiger charge is 2.45. The van der Waals surface area contributed by atoms with Gasteiger partial charge >= 0.3 is 0 Å². The van der Waals surface area contributed by atoms with Gasteiger partial charge in [-0.25, -0.2) is 13.4 Å². The lowest BCUT2D eigenvalue weighted by Crippen LogP contribution is -2.54. The van der Waals surface area contributed by atoms with Crippen molar-refractivity contribution in [2.24, 2.45) is 0 Å². The summed E-state index contributed by atoms with van der Waals surface area (Å²) in [6, 6.07) is 16.9. The topological polar surface area (TPSA) is 262 Å². The van der Waals surface area contributed by atoms with E-state index in [1.807, 2.05) is 23.1 Å². The fourth-order valence-corrected chi connectivity index (χ4v) is 11.2. The number of fused-ring (bicyclic) bond motifs is 1. The Hall–Kier alpha value is -6.51. The van der Waals surface area contributed by atoms with Crippen LogP contribution in [0.15, 0.2) is 71.8 Å². The number of carbonyl (C=O) groups excluding carboxylic acids is 5. The molecular formula is C55H71ClN10O13S. The molecule has 5 heterocycles. The van der Waals surface area contributed by atoms with E-state index < -0.39 is 44.8 Å². The minimum Gasteiger partial charge on any atom is -0.494 e. The number of halogens is 1. The summed E-state index contributed by atoms with van der Waals surface area (Å²) in [4.78, 5) is 80.0. The summed E-state index contributed by atoms with van der Waals surface area (Å²) in [5.41, 5.74) is 2.93. The van der Waals surface area contributed by atoms with E-state index in [0.29, 0.717) is 121 Å². The molecular weight excluding hydrogens is 1080 g/mol. The van der Waals surface area contributed by atoms with E-state index in [-0.39, 0.29) is 51.6 Å². The van der Waals surface area contributed by atoms with Crippen molar-refractivity contribution in [3.63, 3.8) is 0 Å². The first-order chi connectivity index (χ1) is 38.7. The van der Waals surface area contributed by atoms with Crippen molar-refractivity contribution in [3.8, 4) is 5.75 Å². The first kappa shape index (κ1) is 59.6. The number of imide groups is 2. The molecule has 1 aromatic heterocycles. The fourth-order valence-electron chi connectivity index (χ4n) is 9.86. The molecule has 0 aliphatic carbocycles. The van der Waals surface area contributed by atoms with Crippen LogP contribution in [0.25, 0.3) is 0 Å². The van der Waals surface area contributed by atoms with Crippen molar-refractivity contribution in [1.29, 1.82) is 0 Å². The molecule has 0 saturated carbocycles. The van der Waals surface area contributed by atoms with Crippen molar-refractivity contribution in [1.82, 2.24) is 30.0 Å². The van der Waals surface area contributed by atoms with Crippen LogP contribution in [0.2, 0.25) is 5.02 Å². The molecule has 5 amide bonds. The molecule has 0 spiro atoms. The lowest BCUT2D eigenvalue weighted by molar-refractivity contribution is -0.136. The van der Waals surface area contributed by atoms with Gasteiger partial charge in [-0.2, -0.15) is 4.98 Å². The zero-order chi connectivity index (χ0) is 56.6. The van der Waals surface area contributed by atoms with Crippen LogP contribution in [0.3, 0.4) is 0 Å². The first-order valence-electron chi connectivity index (χ1n) is 27.0. The van der Waals surface area contributed by atoms with E-state index in [1.54, 1.807) is 63.4 Å². The summed E-state index contributed by atoms with van der Waals surface area (Å²) in [5, 5.41) is 11.3. The Bertz CT molecular complexity index is 2920. The molecule has 0 bridgehead atoms. The Balaban J connectivity index is 0.624. The van der Waals surface area contributed by atoms with Gasteiger partial charge in [-0.15, -0.1) is 0 Å². The van der Waals surface area contributed by atoms with E-state index >= 15 is 0 Å². The van der Waals surface area contributed by atoms with Gasteiger partial charge in [-0.3, -0.25) is 39.1 Å². The number of para-hydroxylation sites is 1. The summed E-state index contributed by atoms with van der Waals surface area (Å²) >= 11 is 6.47. The van der Waals surface area contributed by atoms with Gasteiger partial charge in [0, 0.05) is 75.7 Å². The van der Waals surface area contributed by atoms with Gasteiger partial charge in [-0.05, 0) is 69.5 Å². The summed E-state index contributed by atoms with van der Waals surface area (Å²) in [6.45, 7) is 12.2. The number of nitrogens with zero attached hydrogens (tertiary/aromatic N) is 6. The number of nitrogens with one attached hydrogen (secondary N) is 4. The molecule has 8 rings (SSSR count). The van der Waals surface area contributed by atoms with Gasteiger partial charge in [0.25, 0.3) is 11.8 Å². The number of anilines is 6. The molecule has 3 aromatic carbocycles. The van der Waals surface area contributed by atoms with Crippen LogP contribution < -0.4 is 30.9 Å². The maximum absolute atomic E-state index is 13.2. The highest BCUT2D eigenvalue weighted by atomic mass is 35.5. The monoisotopic (exact) mass is 1150 g/mol. The van der Waals surface area contributed by atoms with Crippen LogP contribution >= 0.6 is 11.6 Å². The zero-order valence-electron chi connectivity index (χ0n) is 45.4. The highest BCUT2D eigenvalue weighted by Crippen LogP contribution is 2.36. The van der Waals surface area contributed by atoms with Crippen molar-refractivity contribution in [3.05, 3.63) is 83.0 Å². The predicted octanol–water partition coefficient (Wildman–Crippen LogP) is 4.91. The van der Waals surface area contributed by atoms with E-state index in [2.05, 4.69) is 41.0 Å². The number of methoxy groups -OCH3 is 1. The molecule has 432 valence electrons. The number of ether oxygens (including phenoxy) is 6. The summed E-state index contributed by atoms with van der Waals surface area (Å²) in [6.07, 6.45) is 3.91.